The minimum absolute atomic E-state index is 0.0119. The number of rotatable bonds is 7. The molecular formula is C21H26N4O5S. The zero-order chi connectivity index (χ0) is 22.6. The molecule has 0 aromatic heterocycles. The quantitative estimate of drug-likeness (QED) is 0.516. The summed E-state index contributed by atoms with van der Waals surface area (Å²) in [7, 11) is -3.97. The van der Waals surface area contributed by atoms with E-state index >= 15 is 0 Å². The average molecular weight is 447 g/mol. The highest BCUT2D eigenvalue weighted by Crippen LogP contribution is 2.32. The van der Waals surface area contributed by atoms with Crippen molar-refractivity contribution in [2.24, 2.45) is 0 Å². The smallest absolute Gasteiger partial charge is 0.293 e. The zero-order valence-corrected chi connectivity index (χ0v) is 18.3. The van der Waals surface area contributed by atoms with Gasteiger partial charge in [0.15, 0.2) is 0 Å². The average Bonchev–Trinajstić information content (AvgIpc) is 2.75. The second-order valence-corrected chi connectivity index (χ2v) is 9.23. The van der Waals surface area contributed by atoms with Gasteiger partial charge in [0, 0.05) is 38.7 Å². The predicted octanol–water partition coefficient (Wildman–Crippen LogP) is 3.23. The van der Waals surface area contributed by atoms with Gasteiger partial charge in [-0.2, -0.15) is 0 Å². The van der Waals surface area contributed by atoms with E-state index in [1.54, 1.807) is 42.2 Å². The van der Waals surface area contributed by atoms with Crippen LogP contribution in [0.25, 0.3) is 0 Å². The molecule has 0 spiro atoms. The lowest BCUT2D eigenvalue weighted by Crippen LogP contribution is -2.41. The van der Waals surface area contributed by atoms with Crippen molar-refractivity contribution < 1.29 is 18.1 Å². The molecule has 1 aliphatic rings. The molecular weight excluding hydrogens is 420 g/mol. The Morgan fingerprint density at radius 2 is 1.84 bits per heavy atom. The lowest BCUT2D eigenvalue weighted by atomic mass is 10.0. The van der Waals surface area contributed by atoms with E-state index in [1.807, 2.05) is 0 Å². The molecule has 0 aliphatic carbocycles. The standard InChI is InChI=1S/C21H26N4O5S/c1-3-24(18-7-5-4-6-8-18)31(29,30)19-9-10-20(21(15-19)25(27)28)22-17-11-13-23(14-12-17)16(2)26/h4-10,15,17,22H,3,11-14H2,1-2H3. The maximum Gasteiger partial charge on any atom is 0.293 e. The van der Waals surface area contributed by atoms with Crippen LogP contribution in [0.5, 0.6) is 0 Å². The van der Waals surface area contributed by atoms with Gasteiger partial charge < -0.3 is 10.2 Å². The highest BCUT2D eigenvalue weighted by atomic mass is 32.2. The van der Waals surface area contributed by atoms with Gasteiger partial charge in [-0.3, -0.25) is 19.2 Å². The summed E-state index contributed by atoms with van der Waals surface area (Å²) in [6, 6.07) is 12.5. The maximum atomic E-state index is 13.2. The second kappa shape index (κ2) is 9.34. The number of sulfonamides is 1. The molecule has 1 amide bonds. The first-order valence-corrected chi connectivity index (χ1v) is 11.6. The van der Waals surface area contributed by atoms with Crippen LogP contribution < -0.4 is 9.62 Å². The Kier molecular flexibility index (Phi) is 6.79. The number of nitrogens with zero attached hydrogens (tertiary/aromatic N) is 3. The van der Waals surface area contributed by atoms with Crippen LogP contribution in [-0.4, -0.2) is 49.8 Å². The number of anilines is 2. The number of nitro groups is 1. The molecule has 1 aliphatic heterocycles. The van der Waals surface area contributed by atoms with Crippen molar-refractivity contribution in [1.82, 2.24) is 4.90 Å². The lowest BCUT2D eigenvalue weighted by molar-refractivity contribution is -0.384. The third kappa shape index (κ3) is 4.96. The van der Waals surface area contributed by atoms with Crippen LogP contribution in [0.1, 0.15) is 26.7 Å². The molecule has 2 aromatic carbocycles. The van der Waals surface area contributed by atoms with E-state index in [4.69, 9.17) is 0 Å². The summed E-state index contributed by atoms with van der Waals surface area (Å²) in [6.45, 7) is 4.58. The molecule has 31 heavy (non-hydrogen) atoms. The van der Waals surface area contributed by atoms with Gasteiger partial charge in [-0.25, -0.2) is 8.42 Å². The first-order chi connectivity index (χ1) is 14.7. The summed E-state index contributed by atoms with van der Waals surface area (Å²) in [5, 5.41) is 14.9. The van der Waals surface area contributed by atoms with E-state index < -0.39 is 14.9 Å². The first kappa shape index (κ1) is 22.5. The molecule has 0 bridgehead atoms. The van der Waals surface area contributed by atoms with Gasteiger partial charge in [-0.15, -0.1) is 0 Å². The van der Waals surface area contributed by atoms with Crippen LogP contribution in [0.4, 0.5) is 17.1 Å². The van der Waals surface area contributed by atoms with Crippen LogP contribution in [-0.2, 0) is 14.8 Å². The molecule has 10 heteroatoms. The van der Waals surface area contributed by atoms with Crippen molar-refractivity contribution in [2.75, 3.05) is 29.3 Å². The van der Waals surface area contributed by atoms with Gasteiger partial charge in [0.25, 0.3) is 15.7 Å². The van der Waals surface area contributed by atoms with Crippen molar-refractivity contribution in [2.45, 2.75) is 37.6 Å². The van der Waals surface area contributed by atoms with Gasteiger partial charge in [-0.1, -0.05) is 18.2 Å². The normalized spacial score (nSPS) is 14.8. The van der Waals surface area contributed by atoms with E-state index in [2.05, 4.69) is 5.32 Å². The van der Waals surface area contributed by atoms with E-state index in [0.29, 0.717) is 31.6 Å². The lowest BCUT2D eigenvalue weighted by Gasteiger charge is -2.32. The molecule has 0 unspecified atom stereocenters. The molecule has 0 radical (unpaired) electrons. The summed E-state index contributed by atoms with van der Waals surface area (Å²) in [4.78, 5) is 24.2. The first-order valence-electron chi connectivity index (χ1n) is 10.1. The Morgan fingerprint density at radius 1 is 1.19 bits per heavy atom. The van der Waals surface area contributed by atoms with Crippen LogP contribution in [0.15, 0.2) is 53.4 Å². The van der Waals surface area contributed by atoms with Crippen LogP contribution in [0.2, 0.25) is 0 Å². The van der Waals surface area contributed by atoms with Crippen molar-refractivity contribution in [3.05, 3.63) is 58.6 Å². The van der Waals surface area contributed by atoms with E-state index in [1.165, 1.54) is 23.4 Å². The number of carbonyl (C=O) groups excluding carboxylic acids is 1. The number of piperidine rings is 1. The predicted molar refractivity (Wildman–Crippen MR) is 119 cm³/mol. The van der Waals surface area contributed by atoms with Gasteiger partial charge in [0.2, 0.25) is 5.91 Å². The summed E-state index contributed by atoms with van der Waals surface area (Å²) in [5.74, 6) is 0.0119. The molecule has 3 rings (SSSR count). The topological polar surface area (TPSA) is 113 Å². The largest absolute Gasteiger partial charge is 0.377 e. The van der Waals surface area contributed by atoms with Crippen LogP contribution in [0.3, 0.4) is 0 Å². The fraction of sp³-hybridized carbons (Fsp3) is 0.381. The van der Waals surface area contributed by atoms with Gasteiger partial charge >= 0.3 is 0 Å². The summed E-state index contributed by atoms with van der Waals surface area (Å²) in [5.41, 5.74) is 0.472. The number of carbonyl (C=O) groups is 1. The van der Waals surface area contributed by atoms with Crippen LogP contribution in [0, 0.1) is 10.1 Å². The minimum atomic E-state index is -3.97. The minimum Gasteiger partial charge on any atom is -0.377 e. The number of nitrogens with one attached hydrogen (secondary N) is 1. The molecule has 1 heterocycles. The molecule has 2 aromatic rings. The fourth-order valence-corrected chi connectivity index (χ4v) is 5.21. The summed E-state index contributed by atoms with van der Waals surface area (Å²) < 4.78 is 27.6. The highest BCUT2D eigenvalue weighted by molar-refractivity contribution is 7.92. The number of hydrogen-bond acceptors (Lipinski definition) is 6. The number of amides is 1. The highest BCUT2D eigenvalue weighted by Gasteiger charge is 2.28. The van der Waals surface area contributed by atoms with E-state index in [9.17, 15) is 23.3 Å². The molecule has 1 saturated heterocycles. The molecule has 9 nitrogen and oxygen atoms in total. The third-order valence-electron chi connectivity index (χ3n) is 5.39. The van der Waals surface area contributed by atoms with Gasteiger partial charge in [-0.05, 0) is 44.0 Å². The van der Waals surface area contributed by atoms with Crippen molar-refractivity contribution >= 4 is 33.0 Å². The SMILES string of the molecule is CCN(c1ccccc1)S(=O)(=O)c1ccc(NC2CCN(C(C)=O)CC2)c([N+](=O)[O-])c1. The van der Waals surface area contributed by atoms with Crippen molar-refractivity contribution in [1.29, 1.82) is 0 Å². The van der Waals surface area contributed by atoms with Crippen molar-refractivity contribution in [3.63, 3.8) is 0 Å². The van der Waals surface area contributed by atoms with E-state index in [-0.39, 0.29) is 34.8 Å². The molecule has 1 fully saturated rings. The Balaban J connectivity index is 1.86. The number of para-hydroxylation sites is 1. The molecule has 0 atom stereocenters. The van der Waals surface area contributed by atoms with Gasteiger partial charge in [0.05, 0.1) is 15.5 Å². The van der Waals surface area contributed by atoms with Gasteiger partial charge in [0.1, 0.15) is 5.69 Å². The number of hydrogen-bond donors (Lipinski definition) is 1. The molecule has 166 valence electrons. The Morgan fingerprint density at radius 3 is 2.39 bits per heavy atom. The second-order valence-electron chi connectivity index (χ2n) is 7.37. The Bertz CT molecular complexity index is 1050. The molecule has 1 N–H and O–H groups in total. The maximum absolute atomic E-state index is 13.2. The van der Waals surface area contributed by atoms with Crippen molar-refractivity contribution in [3.8, 4) is 0 Å². The fourth-order valence-electron chi connectivity index (χ4n) is 3.72. The number of likely N-dealkylation sites (tertiary alicyclic amines) is 1. The molecule has 0 saturated carbocycles. The monoisotopic (exact) mass is 446 g/mol. The van der Waals surface area contributed by atoms with E-state index in [0.717, 1.165) is 6.07 Å². The summed E-state index contributed by atoms with van der Waals surface area (Å²) >= 11 is 0. The Hall–Kier alpha value is -3.14. The number of nitro benzene ring substituents is 1. The zero-order valence-electron chi connectivity index (χ0n) is 17.5. The Labute approximate surface area is 181 Å². The number of benzene rings is 2. The summed E-state index contributed by atoms with van der Waals surface area (Å²) in [6.07, 6.45) is 1.32. The third-order valence-corrected chi connectivity index (χ3v) is 7.28. The van der Waals surface area contributed by atoms with Crippen LogP contribution >= 0.6 is 0 Å².